The summed E-state index contributed by atoms with van der Waals surface area (Å²) in [5, 5.41) is 19.8. The fourth-order valence-corrected chi connectivity index (χ4v) is 9.59. The Bertz CT molecular complexity index is 3590. The molecular weight excluding hydrogens is 673 g/mol. The lowest BCUT2D eigenvalue weighted by Crippen LogP contribution is -1.97. The van der Waals surface area contributed by atoms with Crippen LogP contribution in [-0.4, -0.2) is 0 Å². The van der Waals surface area contributed by atoms with Crippen LogP contribution in [0.5, 0.6) is 0 Å². The van der Waals surface area contributed by atoms with Gasteiger partial charge in [0.25, 0.3) is 0 Å². The Hall–Kier alpha value is -7.28. The van der Waals surface area contributed by atoms with Gasteiger partial charge in [-0.2, -0.15) is 0 Å². The summed E-state index contributed by atoms with van der Waals surface area (Å²) in [6, 6.07) is 78.2. The molecule has 0 bridgehead atoms. The molecule has 0 heteroatoms. The Balaban J connectivity index is 1.33. The van der Waals surface area contributed by atoms with E-state index in [2.05, 4.69) is 206 Å². The molecule has 0 atom stereocenters. The van der Waals surface area contributed by atoms with E-state index in [1.54, 1.807) is 0 Å². The van der Waals surface area contributed by atoms with Gasteiger partial charge in [-0.15, -0.1) is 0 Å². The highest BCUT2D eigenvalue weighted by Gasteiger charge is 2.24. The third kappa shape index (κ3) is 4.54. The molecule has 12 rings (SSSR count). The van der Waals surface area contributed by atoms with Gasteiger partial charge in [-0.05, 0) is 126 Å². The smallest absolute Gasteiger partial charge is 0.0000706 e. The van der Waals surface area contributed by atoms with Crippen molar-refractivity contribution in [2.75, 3.05) is 0 Å². The molecule has 0 saturated heterocycles. The predicted molar refractivity (Wildman–Crippen MR) is 242 cm³/mol. The zero-order valence-electron chi connectivity index (χ0n) is 30.6. The zero-order chi connectivity index (χ0) is 36.7. The van der Waals surface area contributed by atoms with Crippen LogP contribution in [0.1, 0.15) is 0 Å². The molecule has 56 heavy (non-hydrogen) atoms. The average Bonchev–Trinajstić information content (AvgIpc) is 3.27. The first-order valence-electron chi connectivity index (χ1n) is 19.4. The molecule has 0 unspecified atom stereocenters. The highest BCUT2D eigenvalue weighted by Crippen LogP contribution is 2.51. The van der Waals surface area contributed by atoms with Crippen molar-refractivity contribution >= 4 is 86.2 Å². The van der Waals surface area contributed by atoms with Crippen LogP contribution in [0, 0.1) is 6.07 Å². The van der Waals surface area contributed by atoms with Crippen LogP contribution in [0.15, 0.2) is 200 Å². The van der Waals surface area contributed by atoms with Crippen molar-refractivity contribution in [3.8, 4) is 33.4 Å². The van der Waals surface area contributed by atoms with Gasteiger partial charge in [-0.3, -0.25) is 0 Å². The van der Waals surface area contributed by atoms with Crippen LogP contribution < -0.4 is 0 Å². The summed E-state index contributed by atoms with van der Waals surface area (Å²) in [6.45, 7) is 0. The topological polar surface area (TPSA) is 0 Å². The Kier molecular flexibility index (Phi) is 6.73. The van der Waals surface area contributed by atoms with Crippen LogP contribution >= 0.6 is 0 Å². The van der Waals surface area contributed by atoms with Crippen molar-refractivity contribution in [1.82, 2.24) is 0 Å². The molecular formula is C56H33. The van der Waals surface area contributed by atoms with Crippen molar-refractivity contribution in [2.24, 2.45) is 0 Å². The second kappa shape index (κ2) is 12.1. The number of benzene rings is 12. The first-order valence-corrected chi connectivity index (χ1v) is 19.4. The van der Waals surface area contributed by atoms with E-state index in [0.29, 0.717) is 0 Å². The normalized spacial score (nSPS) is 11.9. The standard InChI is InChI=1S/C56H33/c1-5-16-39-35(12-1)26-30-47-43(39)20-9-23-46(47)54-34-53-42-19-8-4-15-38(42)29-33-52(53)55(50-24-10-21-44-40-17-6-2-13-36(40)27-31-48(44)50)56(54)51-25-11-22-45-41-18-7-3-14-37(41)28-32-49(45)51/h1-33H. The minimum absolute atomic E-state index is 1.11. The van der Waals surface area contributed by atoms with Crippen molar-refractivity contribution in [1.29, 1.82) is 0 Å². The second-order valence-corrected chi connectivity index (χ2v) is 15.0. The summed E-state index contributed by atoms with van der Waals surface area (Å²) >= 11 is 0. The average molecular weight is 706 g/mol. The minimum Gasteiger partial charge on any atom is -0.0616 e. The lowest BCUT2D eigenvalue weighted by Gasteiger charge is -2.23. The number of hydrogen-bond donors (Lipinski definition) is 0. The van der Waals surface area contributed by atoms with Gasteiger partial charge in [-0.1, -0.05) is 200 Å². The number of fused-ring (bicyclic) bond motifs is 12. The van der Waals surface area contributed by atoms with E-state index in [9.17, 15) is 0 Å². The van der Waals surface area contributed by atoms with Crippen molar-refractivity contribution < 1.29 is 0 Å². The van der Waals surface area contributed by atoms with Crippen molar-refractivity contribution in [2.45, 2.75) is 0 Å². The van der Waals surface area contributed by atoms with Crippen LogP contribution in [0.3, 0.4) is 0 Å². The molecule has 257 valence electrons. The van der Waals surface area contributed by atoms with E-state index in [4.69, 9.17) is 0 Å². The largest absolute Gasteiger partial charge is 0.0616 e. The quantitative estimate of drug-likeness (QED) is 0.161. The van der Waals surface area contributed by atoms with E-state index in [-0.39, 0.29) is 0 Å². The van der Waals surface area contributed by atoms with Crippen LogP contribution in [0.25, 0.3) is 120 Å². The molecule has 0 saturated carbocycles. The maximum Gasteiger partial charge on any atom is -0.0000706 e. The summed E-state index contributed by atoms with van der Waals surface area (Å²) in [6.07, 6.45) is 0. The third-order valence-electron chi connectivity index (χ3n) is 12.1. The van der Waals surface area contributed by atoms with Crippen LogP contribution in [-0.2, 0) is 0 Å². The van der Waals surface area contributed by atoms with Gasteiger partial charge in [0.1, 0.15) is 0 Å². The number of rotatable bonds is 3. The Morgan fingerprint density at radius 2 is 0.571 bits per heavy atom. The Labute approximate surface area is 324 Å². The monoisotopic (exact) mass is 705 g/mol. The molecule has 1 radical (unpaired) electrons. The lowest BCUT2D eigenvalue weighted by atomic mass is 9.79. The number of hydrogen-bond acceptors (Lipinski definition) is 0. The van der Waals surface area contributed by atoms with Gasteiger partial charge >= 0.3 is 0 Å². The fourth-order valence-electron chi connectivity index (χ4n) is 9.59. The van der Waals surface area contributed by atoms with E-state index >= 15 is 0 Å². The fraction of sp³-hybridized carbons (Fsp3) is 0. The SMILES string of the molecule is [c]1c(-c2cccc3c2ccc2ccccc23)c(-c2cccc3c2ccc2ccccc23)c(-c2cccc3c2ccc2ccccc23)c2ccc3ccccc3c12. The maximum absolute atomic E-state index is 4.18. The molecule has 0 fully saturated rings. The van der Waals surface area contributed by atoms with E-state index in [1.165, 1.54) is 109 Å². The maximum atomic E-state index is 4.18. The molecule has 0 aliphatic heterocycles. The van der Waals surface area contributed by atoms with Crippen LogP contribution in [0.2, 0.25) is 0 Å². The predicted octanol–water partition coefficient (Wildman–Crippen LogP) is 15.7. The molecule has 12 aromatic carbocycles. The van der Waals surface area contributed by atoms with Gasteiger partial charge in [-0.25, -0.2) is 0 Å². The summed E-state index contributed by atoms with van der Waals surface area (Å²) < 4.78 is 0. The summed E-state index contributed by atoms with van der Waals surface area (Å²) in [4.78, 5) is 0. The van der Waals surface area contributed by atoms with E-state index in [0.717, 1.165) is 10.9 Å². The molecule has 0 aliphatic rings. The second-order valence-electron chi connectivity index (χ2n) is 15.0. The first-order chi connectivity index (χ1) is 27.8. The first kappa shape index (κ1) is 31.1. The molecule has 0 amide bonds. The van der Waals surface area contributed by atoms with Gasteiger partial charge in [0.2, 0.25) is 0 Å². The van der Waals surface area contributed by atoms with Gasteiger partial charge in [0.15, 0.2) is 0 Å². The van der Waals surface area contributed by atoms with Gasteiger partial charge in [0, 0.05) is 0 Å². The highest BCUT2D eigenvalue weighted by molar-refractivity contribution is 6.25. The summed E-state index contributed by atoms with van der Waals surface area (Å²) in [7, 11) is 0. The molecule has 0 aromatic heterocycles. The molecule has 12 aromatic rings. The summed E-state index contributed by atoms with van der Waals surface area (Å²) in [5.41, 5.74) is 7.17. The highest BCUT2D eigenvalue weighted by atomic mass is 14.3. The third-order valence-corrected chi connectivity index (χ3v) is 12.1. The van der Waals surface area contributed by atoms with Crippen molar-refractivity contribution in [3.05, 3.63) is 206 Å². The Morgan fingerprint density at radius 3 is 1.07 bits per heavy atom. The molecule has 0 N–H and O–H groups in total. The van der Waals surface area contributed by atoms with Gasteiger partial charge in [0.05, 0.1) is 0 Å². The molecule has 0 nitrogen and oxygen atoms in total. The van der Waals surface area contributed by atoms with Gasteiger partial charge < -0.3 is 0 Å². The molecule has 0 aliphatic carbocycles. The lowest BCUT2D eigenvalue weighted by molar-refractivity contribution is 1.64. The van der Waals surface area contributed by atoms with Crippen molar-refractivity contribution in [3.63, 3.8) is 0 Å². The van der Waals surface area contributed by atoms with E-state index < -0.39 is 0 Å². The minimum atomic E-state index is 1.11. The van der Waals surface area contributed by atoms with Crippen LogP contribution in [0.4, 0.5) is 0 Å². The van der Waals surface area contributed by atoms with E-state index in [1.807, 2.05) is 0 Å². The molecule has 0 heterocycles. The molecule has 0 spiro atoms. The summed E-state index contributed by atoms with van der Waals surface area (Å²) in [5.74, 6) is 0. The zero-order valence-corrected chi connectivity index (χ0v) is 30.6. The Morgan fingerprint density at radius 1 is 0.214 bits per heavy atom.